The summed E-state index contributed by atoms with van der Waals surface area (Å²) >= 11 is 0. The molecule has 6 heteroatoms. The highest BCUT2D eigenvalue weighted by atomic mass is 16.2. The summed E-state index contributed by atoms with van der Waals surface area (Å²) in [5, 5.41) is 2.60. The highest BCUT2D eigenvalue weighted by Crippen LogP contribution is 1.89. The lowest BCUT2D eigenvalue weighted by molar-refractivity contribution is 0.0222. The molecule has 0 aliphatic carbocycles. The number of nitrogens with one attached hydrogen (secondary N) is 1. The first-order valence-corrected chi connectivity index (χ1v) is 3.47. The molecule has 0 fully saturated rings. The Morgan fingerprint density at radius 2 is 1.91 bits per heavy atom. The smallest absolute Gasteiger partial charge is 0.274 e. The van der Waals surface area contributed by atoms with E-state index in [0.717, 1.165) is 5.12 Å². The average Bonchev–Trinajstić information content (AvgIpc) is 2.05. The Labute approximate surface area is 66.0 Å². The Kier molecular flexibility index (Phi) is 4.51. The van der Waals surface area contributed by atoms with E-state index in [-0.39, 0.29) is 0 Å². The summed E-state index contributed by atoms with van der Waals surface area (Å²) in [7, 11) is 0. The van der Waals surface area contributed by atoms with Gasteiger partial charge in [0.15, 0.2) is 0 Å². The van der Waals surface area contributed by atoms with Gasteiger partial charge in [-0.1, -0.05) is 13.8 Å². The lowest BCUT2D eigenvalue weighted by Crippen LogP contribution is -2.56. The number of urea groups is 1. The van der Waals surface area contributed by atoms with Crippen LogP contribution in [0.5, 0.6) is 0 Å². The van der Waals surface area contributed by atoms with Crippen molar-refractivity contribution in [1.29, 1.82) is 0 Å². The molecule has 0 aromatic rings. The van der Waals surface area contributed by atoms with Gasteiger partial charge in [0.1, 0.15) is 0 Å². The maximum Gasteiger partial charge on any atom is 0.360 e. The molecule has 0 aromatic heterocycles. The summed E-state index contributed by atoms with van der Waals surface area (Å²) in [6, 6.07) is -0.520. The van der Waals surface area contributed by atoms with Gasteiger partial charge in [-0.15, -0.1) is 0 Å². The van der Waals surface area contributed by atoms with Crippen LogP contribution in [0.25, 0.3) is 0 Å². The molecule has 0 heterocycles. The van der Waals surface area contributed by atoms with E-state index in [1.165, 1.54) is 0 Å². The predicted molar refractivity (Wildman–Crippen MR) is 41.7 cm³/mol. The quantitative estimate of drug-likeness (QED) is 0.281. The van der Waals surface area contributed by atoms with Crippen LogP contribution in [0.2, 0.25) is 0 Å². The van der Waals surface area contributed by atoms with Crippen molar-refractivity contribution >= 4 is 6.03 Å². The highest BCUT2D eigenvalue weighted by molar-refractivity contribution is 5.72. The third-order valence-electron chi connectivity index (χ3n) is 1.37. The molecule has 0 saturated heterocycles. The van der Waals surface area contributed by atoms with Crippen LogP contribution in [0, 0.1) is 0 Å². The zero-order valence-corrected chi connectivity index (χ0v) is 6.87. The number of nitrogens with zero attached hydrogens (tertiary/aromatic N) is 2. The van der Waals surface area contributed by atoms with E-state index < -0.39 is 6.03 Å². The van der Waals surface area contributed by atoms with Crippen LogP contribution >= 0.6 is 0 Å². The van der Waals surface area contributed by atoms with Crippen LogP contribution in [-0.2, 0) is 0 Å². The number of nitrogens with two attached hydrogens (primary N) is 2. The van der Waals surface area contributed by atoms with Gasteiger partial charge in [0.05, 0.1) is 0 Å². The van der Waals surface area contributed by atoms with Gasteiger partial charge in [0.2, 0.25) is 0 Å². The van der Waals surface area contributed by atoms with Gasteiger partial charge in [-0.2, -0.15) is 5.12 Å². The van der Waals surface area contributed by atoms with Crippen molar-refractivity contribution in [2.45, 2.75) is 13.8 Å². The molecule has 0 atom stereocenters. The molecular weight excluding hydrogens is 146 g/mol. The first-order valence-electron chi connectivity index (χ1n) is 3.47. The van der Waals surface area contributed by atoms with Gasteiger partial charge in [-0.3, -0.25) is 5.43 Å². The first-order chi connectivity index (χ1) is 5.17. The second-order valence-electron chi connectivity index (χ2n) is 1.93. The van der Waals surface area contributed by atoms with Crippen LogP contribution < -0.4 is 17.1 Å². The molecule has 6 nitrogen and oxygen atoms in total. The maximum atomic E-state index is 10.8. The van der Waals surface area contributed by atoms with Crippen molar-refractivity contribution in [2.24, 2.45) is 11.7 Å². The number of hydrogen-bond acceptors (Lipinski definition) is 4. The molecule has 0 spiro atoms. The van der Waals surface area contributed by atoms with Crippen molar-refractivity contribution in [2.75, 3.05) is 13.1 Å². The summed E-state index contributed by atoms with van der Waals surface area (Å²) in [5.41, 5.74) is 1.93. The molecule has 11 heavy (non-hydrogen) atoms. The van der Waals surface area contributed by atoms with Crippen LogP contribution in [0.3, 0.4) is 0 Å². The lowest BCUT2D eigenvalue weighted by Gasteiger charge is -2.27. The van der Waals surface area contributed by atoms with Crippen molar-refractivity contribution in [3.05, 3.63) is 0 Å². The third-order valence-corrected chi connectivity index (χ3v) is 1.37. The highest BCUT2D eigenvalue weighted by Gasteiger charge is 2.12. The summed E-state index contributed by atoms with van der Waals surface area (Å²) in [5.74, 6) is 10.2. The van der Waals surface area contributed by atoms with Gasteiger partial charge in [0, 0.05) is 13.1 Å². The second kappa shape index (κ2) is 4.89. The fourth-order valence-corrected chi connectivity index (χ4v) is 0.723. The Hall–Kier alpha value is -0.850. The van der Waals surface area contributed by atoms with Crippen molar-refractivity contribution in [1.82, 2.24) is 15.6 Å². The minimum Gasteiger partial charge on any atom is -0.274 e. The number of carbonyl (C=O) groups excluding carboxylic acids is 1. The third kappa shape index (κ3) is 2.71. The Bertz CT molecular complexity index is 124. The normalized spacial score (nSPS) is 9.91. The van der Waals surface area contributed by atoms with E-state index >= 15 is 0 Å². The fourth-order valence-electron chi connectivity index (χ4n) is 0.723. The van der Waals surface area contributed by atoms with E-state index in [9.17, 15) is 4.79 Å². The number of carbonyl (C=O) groups is 1. The monoisotopic (exact) mass is 161 g/mol. The molecule has 0 unspecified atom stereocenters. The van der Waals surface area contributed by atoms with E-state index in [1.54, 1.807) is 5.01 Å². The molecular formula is C5H15N5O. The summed E-state index contributed by atoms with van der Waals surface area (Å²) < 4.78 is 0. The molecule has 0 radical (unpaired) electrons. The zero-order valence-electron chi connectivity index (χ0n) is 6.87. The van der Waals surface area contributed by atoms with E-state index in [2.05, 4.69) is 0 Å². The number of amides is 2. The van der Waals surface area contributed by atoms with Gasteiger partial charge in [-0.05, 0) is 0 Å². The Morgan fingerprint density at radius 1 is 1.45 bits per heavy atom. The van der Waals surface area contributed by atoms with E-state index in [1.807, 2.05) is 19.3 Å². The van der Waals surface area contributed by atoms with Crippen LogP contribution in [0.15, 0.2) is 0 Å². The van der Waals surface area contributed by atoms with Crippen LogP contribution in [-0.4, -0.2) is 29.2 Å². The van der Waals surface area contributed by atoms with E-state index in [0.29, 0.717) is 13.1 Å². The Morgan fingerprint density at radius 3 is 2.18 bits per heavy atom. The first kappa shape index (κ1) is 10.2. The number of rotatable bonds is 3. The summed E-state index contributed by atoms with van der Waals surface area (Å²) in [4.78, 5) is 10.8. The van der Waals surface area contributed by atoms with Crippen LogP contribution in [0.4, 0.5) is 4.79 Å². The minimum absolute atomic E-state index is 0.520. The second-order valence-corrected chi connectivity index (χ2v) is 1.93. The molecule has 0 aliphatic rings. The molecule has 0 aliphatic heterocycles. The molecule has 0 rings (SSSR count). The molecule has 5 N–H and O–H groups in total. The lowest BCUT2D eigenvalue weighted by atomic mass is 10.6. The van der Waals surface area contributed by atoms with Gasteiger partial charge in [-0.25, -0.2) is 21.5 Å². The van der Waals surface area contributed by atoms with Crippen LogP contribution in [0.1, 0.15) is 13.8 Å². The number of hydrogen-bond donors (Lipinski definition) is 3. The minimum atomic E-state index is -0.520. The molecule has 0 aromatic carbocycles. The van der Waals surface area contributed by atoms with Gasteiger partial charge >= 0.3 is 6.03 Å². The van der Waals surface area contributed by atoms with Gasteiger partial charge < -0.3 is 0 Å². The van der Waals surface area contributed by atoms with E-state index in [4.69, 9.17) is 11.7 Å². The van der Waals surface area contributed by atoms with Crippen molar-refractivity contribution in [3.8, 4) is 0 Å². The summed E-state index contributed by atoms with van der Waals surface area (Å²) in [6.07, 6.45) is 0. The largest absolute Gasteiger partial charge is 0.360 e. The number of hydrazine groups is 3. The average molecular weight is 161 g/mol. The van der Waals surface area contributed by atoms with Crippen molar-refractivity contribution in [3.63, 3.8) is 0 Å². The SMILES string of the molecule is CCN(CC)N(N)C(=O)NN. The zero-order chi connectivity index (χ0) is 8.85. The van der Waals surface area contributed by atoms with Crippen molar-refractivity contribution < 1.29 is 4.79 Å². The molecule has 2 amide bonds. The standard InChI is InChI=1S/C5H15N5O/c1-3-9(4-2)10(7)5(11)8-6/h3-4,6-7H2,1-2H3,(H,8,11). The topological polar surface area (TPSA) is 87.6 Å². The molecule has 0 saturated carbocycles. The fraction of sp³-hybridized carbons (Fsp3) is 0.800. The maximum absolute atomic E-state index is 10.8. The molecule has 66 valence electrons. The molecule has 0 bridgehead atoms. The van der Waals surface area contributed by atoms with Gasteiger partial charge in [0.25, 0.3) is 0 Å². The predicted octanol–water partition coefficient (Wildman–Crippen LogP) is -0.998. The summed E-state index contributed by atoms with van der Waals surface area (Å²) in [6.45, 7) is 5.13. The Balaban J connectivity index is 3.97.